The molecule has 1 aliphatic rings. The summed E-state index contributed by atoms with van der Waals surface area (Å²) in [5.41, 5.74) is 2.97. The van der Waals surface area contributed by atoms with Gasteiger partial charge >= 0.3 is 5.69 Å². The van der Waals surface area contributed by atoms with Gasteiger partial charge in [0.2, 0.25) is 0 Å². The minimum Gasteiger partial charge on any atom is -0.357 e. The number of benzene rings is 2. The number of hydrogen-bond acceptors (Lipinski definition) is 3. The number of halogens is 1. The Morgan fingerprint density at radius 2 is 1.68 bits per heavy atom. The Morgan fingerprint density at radius 1 is 1.05 bits per heavy atom. The molecule has 0 spiro atoms. The van der Waals surface area contributed by atoms with Gasteiger partial charge < -0.3 is 4.90 Å². The first kappa shape index (κ1) is 12.0. The number of nitro benzene ring substituents is 1. The highest BCUT2D eigenvalue weighted by atomic mass is 35.5. The van der Waals surface area contributed by atoms with E-state index in [4.69, 9.17) is 11.6 Å². The lowest BCUT2D eigenvalue weighted by Gasteiger charge is -2.17. The molecule has 3 rings (SSSR count). The zero-order valence-electron chi connectivity index (χ0n) is 10.0. The third-order valence-electron chi connectivity index (χ3n) is 3.33. The van der Waals surface area contributed by atoms with Crippen LogP contribution >= 0.6 is 11.6 Å². The summed E-state index contributed by atoms with van der Waals surface area (Å²) in [5, 5.41) is 11.3. The summed E-state index contributed by atoms with van der Waals surface area (Å²) >= 11 is 5.95. The molecule has 0 radical (unpaired) electrons. The summed E-state index contributed by atoms with van der Waals surface area (Å²) in [6.45, 7) is 1.36. The van der Waals surface area contributed by atoms with E-state index in [1.165, 1.54) is 11.1 Å². The molecule has 1 aliphatic heterocycles. The fourth-order valence-corrected chi connectivity index (χ4v) is 2.68. The van der Waals surface area contributed by atoms with E-state index in [2.05, 4.69) is 0 Å². The van der Waals surface area contributed by atoms with Crippen LogP contribution in [0.15, 0.2) is 42.5 Å². The molecular formula is C14H11ClN2O2. The topological polar surface area (TPSA) is 46.4 Å². The summed E-state index contributed by atoms with van der Waals surface area (Å²) in [7, 11) is 0. The first-order chi connectivity index (χ1) is 9.16. The van der Waals surface area contributed by atoms with Crippen molar-refractivity contribution in [3.63, 3.8) is 0 Å². The smallest absolute Gasteiger partial charge is 0.310 e. The van der Waals surface area contributed by atoms with Crippen LogP contribution in [-0.4, -0.2) is 4.92 Å². The maximum Gasteiger partial charge on any atom is 0.310 e. The molecule has 2 aromatic carbocycles. The maximum absolute atomic E-state index is 11.2. The molecule has 0 saturated carbocycles. The summed E-state index contributed by atoms with van der Waals surface area (Å²) in [5.74, 6) is 0. The molecule has 1 heterocycles. The van der Waals surface area contributed by atoms with Gasteiger partial charge in [-0.2, -0.15) is 0 Å². The number of fused-ring (bicyclic) bond motifs is 1. The lowest BCUT2D eigenvalue weighted by atomic mass is 10.1. The van der Waals surface area contributed by atoms with Crippen molar-refractivity contribution in [2.45, 2.75) is 13.1 Å². The Hall–Kier alpha value is -2.07. The van der Waals surface area contributed by atoms with Crippen LogP contribution in [0.4, 0.5) is 11.4 Å². The van der Waals surface area contributed by atoms with E-state index in [0.717, 1.165) is 0 Å². The SMILES string of the molecule is O=[N+]([O-])c1c(Cl)cccc1N1Cc2ccccc2C1. The molecule has 0 atom stereocenters. The number of anilines is 1. The molecule has 0 bridgehead atoms. The van der Waals surface area contributed by atoms with Gasteiger partial charge in [0.15, 0.2) is 0 Å². The largest absolute Gasteiger partial charge is 0.357 e. The van der Waals surface area contributed by atoms with Crippen LogP contribution < -0.4 is 4.90 Å². The van der Waals surface area contributed by atoms with E-state index in [1.54, 1.807) is 18.2 Å². The van der Waals surface area contributed by atoms with Crippen LogP contribution in [0.3, 0.4) is 0 Å². The van der Waals surface area contributed by atoms with Crippen molar-refractivity contribution in [1.82, 2.24) is 0 Å². The van der Waals surface area contributed by atoms with Gasteiger partial charge in [0, 0.05) is 13.1 Å². The second-order valence-electron chi connectivity index (χ2n) is 4.49. The van der Waals surface area contributed by atoms with Gasteiger partial charge in [-0.3, -0.25) is 10.1 Å². The van der Waals surface area contributed by atoms with Crippen molar-refractivity contribution in [1.29, 1.82) is 0 Å². The van der Waals surface area contributed by atoms with E-state index in [9.17, 15) is 10.1 Å². The molecule has 0 amide bonds. The first-order valence-electron chi connectivity index (χ1n) is 5.91. The Labute approximate surface area is 115 Å². The van der Waals surface area contributed by atoms with Gasteiger partial charge in [-0.25, -0.2) is 0 Å². The van der Waals surface area contributed by atoms with Gasteiger partial charge in [-0.05, 0) is 23.3 Å². The first-order valence-corrected chi connectivity index (χ1v) is 6.29. The highest BCUT2D eigenvalue weighted by Gasteiger charge is 2.27. The lowest BCUT2D eigenvalue weighted by Crippen LogP contribution is -2.16. The van der Waals surface area contributed by atoms with Crippen LogP contribution in [0, 0.1) is 10.1 Å². The number of nitro groups is 1. The Balaban J connectivity index is 2.02. The lowest BCUT2D eigenvalue weighted by molar-refractivity contribution is -0.384. The zero-order chi connectivity index (χ0) is 13.4. The van der Waals surface area contributed by atoms with E-state index in [-0.39, 0.29) is 10.7 Å². The number of hydrogen-bond donors (Lipinski definition) is 0. The van der Waals surface area contributed by atoms with Crippen molar-refractivity contribution >= 4 is 23.0 Å². The van der Waals surface area contributed by atoms with Crippen molar-refractivity contribution in [2.75, 3.05) is 4.90 Å². The molecule has 0 aromatic heterocycles. The second kappa shape index (κ2) is 4.55. The van der Waals surface area contributed by atoms with Gasteiger partial charge in [0.25, 0.3) is 0 Å². The normalized spacial score (nSPS) is 13.4. The average Bonchev–Trinajstić information content (AvgIpc) is 2.81. The Morgan fingerprint density at radius 3 is 2.26 bits per heavy atom. The summed E-state index contributed by atoms with van der Waals surface area (Å²) < 4.78 is 0. The highest BCUT2D eigenvalue weighted by Crippen LogP contribution is 2.38. The van der Waals surface area contributed by atoms with Crippen LogP contribution in [0.25, 0.3) is 0 Å². The van der Waals surface area contributed by atoms with Crippen LogP contribution in [0.5, 0.6) is 0 Å². The molecule has 0 unspecified atom stereocenters. The van der Waals surface area contributed by atoms with E-state index < -0.39 is 4.92 Å². The fourth-order valence-electron chi connectivity index (χ4n) is 2.44. The summed E-state index contributed by atoms with van der Waals surface area (Å²) in [6, 6.07) is 13.1. The van der Waals surface area contributed by atoms with E-state index in [1.807, 2.05) is 29.2 Å². The monoisotopic (exact) mass is 274 g/mol. The minimum absolute atomic E-state index is 0.0167. The van der Waals surface area contributed by atoms with E-state index >= 15 is 0 Å². The molecule has 19 heavy (non-hydrogen) atoms. The van der Waals surface area contributed by atoms with Crippen molar-refractivity contribution in [2.24, 2.45) is 0 Å². The molecule has 0 fully saturated rings. The molecule has 0 aliphatic carbocycles. The quantitative estimate of drug-likeness (QED) is 0.619. The van der Waals surface area contributed by atoms with Gasteiger partial charge in [0.1, 0.15) is 10.7 Å². The second-order valence-corrected chi connectivity index (χ2v) is 4.90. The molecule has 5 heteroatoms. The fraction of sp³-hybridized carbons (Fsp3) is 0.143. The van der Waals surface area contributed by atoms with Crippen molar-refractivity contribution < 1.29 is 4.92 Å². The maximum atomic E-state index is 11.2. The van der Waals surface area contributed by atoms with Crippen LogP contribution in [0.1, 0.15) is 11.1 Å². The van der Waals surface area contributed by atoms with Crippen molar-refractivity contribution in [3.05, 3.63) is 68.7 Å². The number of rotatable bonds is 2. The molecule has 96 valence electrons. The standard InChI is InChI=1S/C14H11ClN2O2/c15-12-6-3-7-13(14(12)17(18)19)16-8-10-4-1-2-5-11(10)9-16/h1-7H,8-9H2. The van der Waals surface area contributed by atoms with Crippen molar-refractivity contribution in [3.8, 4) is 0 Å². The van der Waals surface area contributed by atoms with Crippen LogP contribution in [-0.2, 0) is 13.1 Å². The molecule has 0 N–H and O–H groups in total. The summed E-state index contributed by atoms with van der Waals surface area (Å²) in [4.78, 5) is 12.7. The highest BCUT2D eigenvalue weighted by molar-refractivity contribution is 6.33. The van der Waals surface area contributed by atoms with Gasteiger partial charge in [0.05, 0.1) is 4.92 Å². The van der Waals surface area contributed by atoms with Gasteiger partial charge in [-0.1, -0.05) is 41.9 Å². The minimum atomic E-state index is -0.416. The summed E-state index contributed by atoms with van der Waals surface area (Å²) in [6.07, 6.45) is 0. The Kier molecular flexibility index (Phi) is 2.87. The van der Waals surface area contributed by atoms with Crippen LogP contribution in [0.2, 0.25) is 5.02 Å². The number of para-hydroxylation sites is 1. The number of nitrogens with zero attached hydrogens (tertiary/aromatic N) is 2. The average molecular weight is 275 g/mol. The molecule has 2 aromatic rings. The van der Waals surface area contributed by atoms with E-state index in [0.29, 0.717) is 18.8 Å². The molecule has 0 saturated heterocycles. The molecule has 4 nitrogen and oxygen atoms in total. The Bertz CT molecular complexity index is 633. The predicted octanol–water partition coefficient (Wildman–Crippen LogP) is 3.77. The third kappa shape index (κ3) is 2.04. The predicted molar refractivity (Wildman–Crippen MR) is 74.4 cm³/mol. The molecular weight excluding hydrogens is 264 g/mol. The third-order valence-corrected chi connectivity index (χ3v) is 3.63. The van der Waals surface area contributed by atoms with Gasteiger partial charge in [-0.15, -0.1) is 0 Å². The zero-order valence-corrected chi connectivity index (χ0v) is 10.8.